The van der Waals surface area contributed by atoms with Gasteiger partial charge in [0.25, 0.3) is 0 Å². The zero-order valence-electron chi connectivity index (χ0n) is 10.4. The highest BCUT2D eigenvalue weighted by molar-refractivity contribution is 7.96. The van der Waals surface area contributed by atoms with E-state index >= 15 is 0 Å². The van der Waals surface area contributed by atoms with E-state index < -0.39 is 18.0 Å². The Kier molecular flexibility index (Phi) is 9.85. The second-order valence-corrected chi connectivity index (χ2v) is 4.46. The average Bonchev–Trinajstić information content (AvgIpc) is 2.33. The molecule has 9 heteroatoms. The fourth-order valence-corrected chi connectivity index (χ4v) is 1.77. The Balaban J connectivity index is 3.83. The third kappa shape index (κ3) is 10.3. The normalized spacial score (nSPS) is 11.8. The molecule has 0 aliphatic carbocycles. The maximum absolute atomic E-state index is 11.3. The highest BCUT2D eigenvalue weighted by Gasteiger charge is 2.18. The van der Waals surface area contributed by atoms with Crippen molar-refractivity contribution in [1.29, 1.82) is 0 Å². The fourth-order valence-electron chi connectivity index (χ4n) is 1.14. The molecule has 0 aromatic heterocycles. The van der Waals surface area contributed by atoms with Crippen molar-refractivity contribution in [2.45, 2.75) is 38.1 Å². The van der Waals surface area contributed by atoms with E-state index in [4.69, 9.17) is 15.9 Å². The Bertz CT molecular complexity index is 314. The number of carboxylic acids is 2. The molecule has 0 aliphatic heterocycles. The Hall–Kier alpha value is -1.32. The first-order chi connectivity index (χ1) is 8.97. The molecule has 1 unspecified atom stereocenters. The Morgan fingerprint density at radius 2 is 1.84 bits per heavy atom. The van der Waals surface area contributed by atoms with Gasteiger partial charge in [0.05, 0.1) is 0 Å². The molecule has 0 aromatic rings. The number of hydrogen-bond acceptors (Lipinski definition) is 6. The third-order valence-corrected chi connectivity index (χ3v) is 2.90. The van der Waals surface area contributed by atoms with Crippen molar-refractivity contribution in [2.24, 2.45) is 5.73 Å². The molecule has 0 spiro atoms. The molecule has 0 saturated heterocycles. The van der Waals surface area contributed by atoms with Crippen molar-refractivity contribution in [1.82, 2.24) is 9.44 Å². The number of aliphatic carboxylic acids is 2. The molecule has 0 saturated carbocycles. The zero-order valence-corrected chi connectivity index (χ0v) is 11.2. The summed E-state index contributed by atoms with van der Waals surface area (Å²) in [6.45, 7) is 0.523. The van der Waals surface area contributed by atoms with Crippen LogP contribution < -0.4 is 15.2 Å². The van der Waals surface area contributed by atoms with Crippen LogP contribution in [0.2, 0.25) is 0 Å². The summed E-state index contributed by atoms with van der Waals surface area (Å²) in [6, 6.07) is -1.02. The van der Waals surface area contributed by atoms with Gasteiger partial charge < -0.3 is 15.9 Å². The zero-order chi connectivity index (χ0) is 14.7. The summed E-state index contributed by atoms with van der Waals surface area (Å²) in [5.41, 5.74) is 5.28. The topological polar surface area (TPSA) is 142 Å². The van der Waals surface area contributed by atoms with Crippen molar-refractivity contribution < 1.29 is 24.6 Å². The van der Waals surface area contributed by atoms with E-state index in [2.05, 4.69) is 9.44 Å². The van der Waals surface area contributed by atoms with Crippen molar-refractivity contribution in [3.63, 3.8) is 0 Å². The minimum absolute atomic E-state index is 0.0549. The average molecular weight is 293 g/mol. The van der Waals surface area contributed by atoms with E-state index in [0.717, 1.165) is 18.6 Å². The van der Waals surface area contributed by atoms with Crippen LogP contribution in [0.15, 0.2) is 0 Å². The van der Waals surface area contributed by atoms with Crippen molar-refractivity contribution in [3.05, 3.63) is 0 Å². The number of nitrogens with one attached hydrogen (secondary N) is 2. The molecule has 0 radical (unpaired) electrons. The number of carboxylic acid groups (broad SMARTS) is 2. The highest BCUT2D eigenvalue weighted by atomic mass is 32.2. The van der Waals surface area contributed by atoms with E-state index in [-0.39, 0.29) is 18.7 Å². The van der Waals surface area contributed by atoms with Gasteiger partial charge in [0, 0.05) is 25.0 Å². The second-order valence-electron chi connectivity index (χ2n) is 3.81. The lowest BCUT2D eigenvalue weighted by Gasteiger charge is -2.12. The number of nitrogens with two attached hydrogens (primary N) is 1. The molecule has 1 atom stereocenters. The quantitative estimate of drug-likeness (QED) is 0.258. The van der Waals surface area contributed by atoms with Crippen LogP contribution in [0.4, 0.5) is 0 Å². The lowest BCUT2D eigenvalue weighted by atomic mass is 10.2. The molecule has 0 heterocycles. The minimum atomic E-state index is -1.16. The first kappa shape index (κ1) is 17.7. The standard InChI is InChI=1S/C10H19N3O5S/c11-6-2-1-3-8(14)13-19-12-7(10(17)18)4-5-9(15)16/h7,12H,1-6,11H2,(H,13,14)(H,15,16)(H,17,18). The fraction of sp³-hybridized carbons (Fsp3) is 0.700. The molecule has 0 bridgehead atoms. The molecule has 19 heavy (non-hydrogen) atoms. The van der Waals surface area contributed by atoms with Crippen molar-refractivity contribution >= 4 is 30.0 Å². The van der Waals surface area contributed by atoms with Crippen molar-refractivity contribution in [2.75, 3.05) is 6.54 Å². The van der Waals surface area contributed by atoms with Crippen LogP contribution >= 0.6 is 12.1 Å². The van der Waals surface area contributed by atoms with Crippen LogP contribution in [0.25, 0.3) is 0 Å². The van der Waals surface area contributed by atoms with E-state index in [0.29, 0.717) is 19.4 Å². The van der Waals surface area contributed by atoms with Crippen LogP contribution in [0.5, 0.6) is 0 Å². The second kappa shape index (κ2) is 10.6. The summed E-state index contributed by atoms with van der Waals surface area (Å²) >= 11 is 0.753. The number of hydrogen-bond donors (Lipinski definition) is 5. The van der Waals surface area contributed by atoms with Gasteiger partial charge in [-0.25, -0.2) is 4.72 Å². The molecule has 0 aliphatic rings. The summed E-state index contributed by atoms with van der Waals surface area (Å²) in [5.74, 6) is -2.46. The molecule has 1 amide bonds. The molecule has 110 valence electrons. The van der Waals surface area contributed by atoms with Gasteiger partial charge in [-0.3, -0.25) is 19.1 Å². The van der Waals surface area contributed by atoms with Gasteiger partial charge in [0.2, 0.25) is 5.91 Å². The smallest absolute Gasteiger partial charge is 0.321 e. The Morgan fingerprint density at radius 3 is 2.37 bits per heavy atom. The molecular formula is C10H19N3O5S. The first-order valence-corrected chi connectivity index (χ1v) is 6.64. The van der Waals surface area contributed by atoms with E-state index in [1.54, 1.807) is 0 Å². The van der Waals surface area contributed by atoms with Gasteiger partial charge in [-0.05, 0) is 25.8 Å². The predicted molar refractivity (Wildman–Crippen MR) is 70.1 cm³/mol. The SMILES string of the molecule is NCCCCC(=O)NSNC(CCC(=O)O)C(=O)O. The summed E-state index contributed by atoms with van der Waals surface area (Å²) in [7, 11) is 0. The summed E-state index contributed by atoms with van der Waals surface area (Å²) in [6.07, 6.45) is 1.43. The van der Waals surface area contributed by atoms with Gasteiger partial charge in [0.15, 0.2) is 0 Å². The first-order valence-electron chi connectivity index (χ1n) is 5.82. The maximum atomic E-state index is 11.3. The molecule has 8 nitrogen and oxygen atoms in total. The van der Waals surface area contributed by atoms with Gasteiger partial charge in [-0.15, -0.1) is 0 Å². The van der Waals surface area contributed by atoms with E-state index in [1.165, 1.54) is 0 Å². The lowest BCUT2D eigenvalue weighted by molar-refractivity contribution is -0.140. The monoisotopic (exact) mass is 293 g/mol. The number of carbonyl (C=O) groups is 3. The summed E-state index contributed by atoms with van der Waals surface area (Å²) in [5, 5.41) is 17.3. The summed E-state index contributed by atoms with van der Waals surface area (Å²) < 4.78 is 4.92. The molecule has 0 aromatic carbocycles. The maximum Gasteiger partial charge on any atom is 0.321 e. The number of rotatable bonds is 11. The molecule has 6 N–H and O–H groups in total. The molecule has 0 rings (SSSR count). The van der Waals surface area contributed by atoms with Gasteiger partial charge >= 0.3 is 11.9 Å². The van der Waals surface area contributed by atoms with Crippen LogP contribution in [0.3, 0.4) is 0 Å². The number of carbonyl (C=O) groups excluding carboxylic acids is 1. The van der Waals surface area contributed by atoms with Crippen LogP contribution in [0, 0.1) is 0 Å². The molecular weight excluding hydrogens is 274 g/mol. The van der Waals surface area contributed by atoms with Gasteiger partial charge in [-0.1, -0.05) is 0 Å². The number of unbranched alkanes of at least 4 members (excludes halogenated alkanes) is 1. The predicted octanol–water partition coefficient (Wildman–Crippen LogP) is -0.298. The summed E-state index contributed by atoms with van der Waals surface area (Å²) in [4.78, 5) is 32.4. The lowest BCUT2D eigenvalue weighted by Crippen LogP contribution is -2.35. The van der Waals surface area contributed by atoms with Gasteiger partial charge in [-0.2, -0.15) is 0 Å². The van der Waals surface area contributed by atoms with Crippen LogP contribution in [0.1, 0.15) is 32.1 Å². The molecule has 0 fully saturated rings. The highest BCUT2D eigenvalue weighted by Crippen LogP contribution is 2.03. The minimum Gasteiger partial charge on any atom is -0.481 e. The van der Waals surface area contributed by atoms with Crippen LogP contribution in [-0.2, 0) is 14.4 Å². The van der Waals surface area contributed by atoms with E-state index in [9.17, 15) is 14.4 Å². The Morgan fingerprint density at radius 1 is 1.16 bits per heavy atom. The van der Waals surface area contributed by atoms with Gasteiger partial charge in [0.1, 0.15) is 6.04 Å². The number of amides is 1. The Labute approximate surface area is 115 Å². The van der Waals surface area contributed by atoms with E-state index in [1.807, 2.05) is 0 Å². The largest absolute Gasteiger partial charge is 0.481 e. The van der Waals surface area contributed by atoms with Crippen LogP contribution in [-0.4, -0.2) is 40.6 Å². The van der Waals surface area contributed by atoms with Crippen molar-refractivity contribution in [3.8, 4) is 0 Å². The third-order valence-electron chi connectivity index (χ3n) is 2.17.